The van der Waals surface area contributed by atoms with E-state index in [1.807, 2.05) is 0 Å². The Balaban J connectivity index is 2.13. The van der Waals surface area contributed by atoms with Crippen LogP contribution >= 0.6 is 23.2 Å². The third kappa shape index (κ3) is 3.48. The van der Waals surface area contributed by atoms with E-state index in [1.165, 1.54) is 0 Å². The Labute approximate surface area is 116 Å². The molecule has 0 aliphatic carbocycles. The Morgan fingerprint density at radius 3 is 2.61 bits per heavy atom. The fourth-order valence-corrected chi connectivity index (χ4v) is 2.12. The lowest BCUT2D eigenvalue weighted by molar-refractivity contribution is 0.478. The van der Waals surface area contributed by atoms with E-state index in [-0.39, 0.29) is 0 Å². The molecule has 1 aromatic carbocycles. The average molecular weight is 285 g/mol. The SMILES string of the molecule is CCCNCc1ncc(-c2cc(Cl)cc(Cl)c2)o1. The molecule has 0 unspecified atom stereocenters. The molecule has 0 atom stereocenters. The lowest BCUT2D eigenvalue weighted by atomic mass is 10.2. The molecular weight excluding hydrogens is 271 g/mol. The molecule has 0 spiro atoms. The summed E-state index contributed by atoms with van der Waals surface area (Å²) in [5.74, 6) is 1.34. The van der Waals surface area contributed by atoms with Crippen molar-refractivity contribution >= 4 is 23.2 Å². The topological polar surface area (TPSA) is 38.1 Å². The van der Waals surface area contributed by atoms with Crippen molar-refractivity contribution in [2.75, 3.05) is 6.54 Å². The maximum Gasteiger partial charge on any atom is 0.208 e. The van der Waals surface area contributed by atoms with Gasteiger partial charge >= 0.3 is 0 Å². The van der Waals surface area contributed by atoms with Crippen LogP contribution in [-0.4, -0.2) is 11.5 Å². The highest BCUT2D eigenvalue weighted by atomic mass is 35.5. The summed E-state index contributed by atoms with van der Waals surface area (Å²) in [5.41, 5.74) is 0.835. The first kappa shape index (κ1) is 13.4. The largest absolute Gasteiger partial charge is 0.439 e. The van der Waals surface area contributed by atoms with Gasteiger partial charge in [0.25, 0.3) is 0 Å². The molecule has 0 saturated heterocycles. The predicted molar refractivity (Wildman–Crippen MR) is 74.0 cm³/mol. The molecule has 18 heavy (non-hydrogen) atoms. The predicted octanol–water partition coefficient (Wildman–Crippen LogP) is 4.15. The van der Waals surface area contributed by atoms with Crippen LogP contribution in [0.25, 0.3) is 11.3 Å². The van der Waals surface area contributed by atoms with E-state index in [9.17, 15) is 0 Å². The van der Waals surface area contributed by atoms with Gasteiger partial charge in [-0.1, -0.05) is 30.1 Å². The van der Waals surface area contributed by atoms with Crippen LogP contribution < -0.4 is 5.32 Å². The molecular formula is C13H14Cl2N2O. The second-order valence-electron chi connectivity index (χ2n) is 3.95. The van der Waals surface area contributed by atoms with E-state index in [1.54, 1.807) is 24.4 Å². The number of benzene rings is 1. The van der Waals surface area contributed by atoms with Gasteiger partial charge in [-0.15, -0.1) is 0 Å². The molecule has 0 radical (unpaired) electrons. The molecule has 3 nitrogen and oxygen atoms in total. The Bertz CT molecular complexity index is 505. The van der Waals surface area contributed by atoms with Gasteiger partial charge in [0.2, 0.25) is 5.89 Å². The summed E-state index contributed by atoms with van der Waals surface area (Å²) in [5, 5.41) is 4.40. The van der Waals surface area contributed by atoms with Crippen molar-refractivity contribution in [3.63, 3.8) is 0 Å². The van der Waals surface area contributed by atoms with E-state index in [2.05, 4.69) is 17.2 Å². The van der Waals surface area contributed by atoms with Crippen LogP contribution in [0.1, 0.15) is 19.2 Å². The lowest BCUT2D eigenvalue weighted by Gasteiger charge is -2.00. The first-order valence-electron chi connectivity index (χ1n) is 5.81. The van der Waals surface area contributed by atoms with Gasteiger partial charge in [-0.25, -0.2) is 4.98 Å². The normalized spacial score (nSPS) is 10.8. The summed E-state index contributed by atoms with van der Waals surface area (Å²) >= 11 is 11.9. The number of hydrogen-bond donors (Lipinski definition) is 1. The maximum absolute atomic E-state index is 5.95. The standard InChI is InChI=1S/C13H14Cl2N2O/c1-2-3-16-8-13-17-7-12(18-13)9-4-10(14)6-11(15)5-9/h4-7,16H,2-3,8H2,1H3. The summed E-state index contributed by atoms with van der Waals surface area (Å²) in [4.78, 5) is 4.21. The monoisotopic (exact) mass is 284 g/mol. The van der Waals surface area contributed by atoms with Gasteiger partial charge in [0.1, 0.15) is 0 Å². The zero-order valence-electron chi connectivity index (χ0n) is 10.0. The minimum absolute atomic E-state index is 0.583. The van der Waals surface area contributed by atoms with E-state index in [0.717, 1.165) is 18.5 Å². The molecule has 96 valence electrons. The first-order valence-corrected chi connectivity index (χ1v) is 6.56. The van der Waals surface area contributed by atoms with Crippen LogP contribution in [-0.2, 0) is 6.54 Å². The smallest absolute Gasteiger partial charge is 0.208 e. The van der Waals surface area contributed by atoms with Crippen molar-refractivity contribution in [3.8, 4) is 11.3 Å². The van der Waals surface area contributed by atoms with E-state index < -0.39 is 0 Å². The zero-order chi connectivity index (χ0) is 13.0. The van der Waals surface area contributed by atoms with Crippen molar-refractivity contribution in [2.45, 2.75) is 19.9 Å². The Kier molecular flexibility index (Phi) is 4.64. The van der Waals surface area contributed by atoms with Crippen molar-refractivity contribution < 1.29 is 4.42 Å². The average Bonchev–Trinajstić information content (AvgIpc) is 2.77. The molecule has 0 amide bonds. The summed E-state index contributed by atoms with van der Waals surface area (Å²) in [6, 6.07) is 5.29. The van der Waals surface area contributed by atoms with Crippen LogP contribution in [0.5, 0.6) is 0 Å². The molecule has 2 aromatic rings. The van der Waals surface area contributed by atoms with Gasteiger partial charge in [-0.3, -0.25) is 0 Å². The van der Waals surface area contributed by atoms with Crippen molar-refractivity contribution in [3.05, 3.63) is 40.3 Å². The third-order valence-electron chi connectivity index (χ3n) is 2.40. The highest BCUT2D eigenvalue weighted by molar-refractivity contribution is 6.35. The highest BCUT2D eigenvalue weighted by Gasteiger charge is 2.07. The number of halogens is 2. The maximum atomic E-state index is 5.95. The molecule has 0 aliphatic heterocycles. The Morgan fingerprint density at radius 2 is 1.94 bits per heavy atom. The van der Waals surface area contributed by atoms with Gasteiger partial charge in [0.15, 0.2) is 5.76 Å². The first-order chi connectivity index (χ1) is 8.69. The lowest BCUT2D eigenvalue weighted by Crippen LogP contribution is -2.13. The van der Waals surface area contributed by atoms with Gasteiger partial charge in [0, 0.05) is 15.6 Å². The fourth-order valence-electron chi connectivity index (χ4n) is 1.59. The fraction of sp³-hybridized carbons (Fsp3) is 0.308. The summed E-state index contributed by atoms with van der Waals surface area (Å²) in [6.07, 6.45) is 2.77. The van der Waals surface area contributed by atoms with Crippen LogP contribution in [0.15, 0.2) is 28.8 Å². The van der Waals surface area contributed by atoms with Crippen LogP contribution in [0.3, 0.4) is 0 Å². The van der Waals surface area contributed by atoms with Crippen LogP contribution in [0, 0.1) is 0 Å². The van der Waals surface area contributed by atoms with Crippen LogP contribution in [0.4, 0.5) is 0 Å². The summed E-state index contributed by atoms with van der Waals surface area (Å²) in [7, 11) is 0. The van der Waals surface area contributed by atoms with E-state index >= 15 is 0 Å². The minimum atomic E-state index is 0.583. The molecule has 5 heteroatoms. The molecule has 2 rings (SSSR count). The van der Waals surface area contributed by atoms with Gasteiger partial charge in [-0.2, -0.15) is 0 Å². The minimum Gasteiger partial charge on any atom is -0.439 e. The zero-order valence-corrected chi connectivity index (χ0v) is 11.6. The summed E-state index contributed by atoms with van der Waals surface area (Å²) < 4.78 is 5.64. The van der Waals surface area contributed by atoms with Gasteiger partial charge < -0.3 is 9.73 Å². The van der Waals surface area contributed by atoms with Gasteiger partial charge in [-0.05, 0) is 31.2 Å². The quantitative estimate of drug-likeness (QED) is 0.839. The van der Waals surface area contributed by atoms with Crippen molar-refractivity contribution in [2.24, 2.45) is 0 Å². The number of rotatable bonds is 5. The third-order valence-corrected chi connectivity index (χ3v) is 2.84. The van der Waals surface area contributed by atoms with E-state index in [4.69, 9.17) is 27.6 Å². The Morgan fingerprint density at radius 1 is 1.22 bits per heavy atom. The summed E-state index contributed by atoms with van der Waals surface area (Å²) in [6.45, 7) is 3.69. The highest BCUT2D eigenvalue weighted by Crippen LogP contribution is 2.27. The second-order valence-corrected chi connectivity index (χ2v) is 4.83. The van der Waals surface area contributed by atoms with Crippen LogP contribution in [0.2, 0.25) is 10.0 Å². The Hall–Kier alpha value is -1.03. The van der Waals surface area contributed by atoms with Crippen molar-refractivity contribution in [1.29, 1.82) is 0 Å². The molecule has 0 bridgehead atoms. The van der Waals surface area contributed by atoms with Crippen molar-refractivity contribution in [1.82, 2.24) is 10.3 Å². The molecule has 0 saturated carbocycles. The molecule has 0 aliphatic rings. The number of nitrogens with zero attached hydrogens (tertiary/aromatic N) is 1. The number of nitrogens with one attached hydrogen (secondary N) is 1. The van der Waals surface area contributed by atoms with Gasteiger partial charge in [0.05, 0.1) is 12.7 Å². The molecule has 1 N–H and O–H groups in total. The molecule has 1 heterocycles. The second kappa shape index (κ2) is 6.23. The van der Waals surface area contributed by atoms with E-state index in [0.29, 0.717) is 28.2 Å². The molecule has 1 aromatic heterocycles. The number of hydrogen-bond acceptors (Lipinski definition) is 3. The number of aromatic nitrogens is 1. The number of oxazole rings is 1. The molecule has 0 fully saturated rings.